The fourth-order valence-corrected chi connectivity index (χ4v) is 1.30. The van der Waals surface area contributed by atoms with Crippen molar-refractivity contribution in [1.82, 2.24) is 5.32 Å². The van der Waals surface area contributed by atoms with Crippen LogP contribution in [0.2, 0.25) is 0 Å². The molecule has 0 aromatic carbocycles. The Kier molecular flexibility index (Phi) is 3.29. The summed E-state index contributed by atoms with van der Waals surface area (Å²) in [6, 6.07) is 0.189. The number of hydrogen-bond donors (Lipinski definition) is 1. The lowest BCUT2D eigenvalue weighted by molar-refractivity contribution is -0.117. The number of allylic oxidation sites excluding steroid dienone is 1. The minimum absolute atomic E-state index is 0.0279. The van der Waals surface area contributed by atoms with Gasteiger partial charge < -0.3 is 10.1 Å². The molecule has 1 aliphatic rings. The summed E-state index contributed by atoms with van der Waals surface area (Å²) in [6.07, 6.45) is 4.34. The first-order chi connectivity index (χ1) is 5.74. The fourth-order valence-electron chi connectivity index (χ4n) is 1.30. The van der Waals surface area contributed by atoms with E-state index in [1.54, 1.807) is 6.08 Å². The Bertz CT molecular complexity index is 189. The molecule has 0 aliphatic carbocycles. The van der Waals surface area contributed by atoms with E-state index in [0.717, 1.165) is 13.0 Å². The van der Waals surface area contributed by atoms with Gasteiger partial charge in [0.25, 0.3) is 0 Å². The van der Waals surface area contributed by atoms with Gasteiger partial charge in [0, 0.05) is 6.61 Å². The van der Waals surface area contributed by atoms with E-state index in [1.807, 2.05) is 13.8 Å². The molecule has 3 nitrogen and oxygen atoms in total. The highest BCUT2D eigenvalue weighted by molar-refractivity contribution is 5.87. The topological polar surface area (TPSA) is 38.3 Å². The van der Waals surface area contributed by atoms with Gasteiger partial charge in [0.1, 0.15) is 0 Å². The zero-order valence-corrected chi connectivity index (χ0v) is 7.54. The van der Waals surface area contributed by atoms with Gasteiger partial charge in [-0.2, -0.15) is 0 Å². The molecule has 1 saturated heterocycles. The van der Waals surface area contributed by atoms with E-state index in [0.29, 0.717) is 0 Å². The molecule has 1 N–H and O–H groups in total. The highest BCUT2D eigenvalue weighted by Gasteiger charge is 2.24. The lowest BCUT2D eigenvalue weighted by Crippen LogP contribution is -2.38. The molecule has 0 aromatic heterocycles. The Labute approximate surface area is 72.8 Å². The van der Waals surface area contributed by atoms with Crippen LogP contribution in [0.3, 0.4) is 0 Å². The van der Waals surface area contributed by atoms with Crippen LogP contribution in [0.5, 0.6) is 0 Å². The van der Waals surface area contributed by atoms with E-state index in [4.69, 9.17) is 4.74 Å². The van der Waals surface area contributed by atoms with E-state index in [1.165, 1.54) is 6.08 Å². The van der Waals surface area contributed by atoms with Crippen molar-refractivity contribution < 1.29 is 9.53 Å². The molecule has 1 aliphatic heterocycles. The Morgan fingerprint density at radius 1 is 1.67 bits per heavy atom. The summed E-state index contributed by atoms with van der Waals surface area (Å²) in [5.74, 6) is -0.0279. The average Bonchev–Trinajstić information content (AvgIpc) is 2.37. The zero-order valence-electron chi connectivity index (χ0n) is 7.54. The zero-order chi connectivity index (χ0) is 8.97. The van der Waals surface area contributed by atoms with E-state index >= 15 is 0 Å². The van der Waals surface area contributed by atoms with Gasteiger partial charge in [-0.25, -0.2) is 0 Å². The molecular weight excluding hydrogens is 154 g/mol. The molecule has 2 atom stereocenters. The Hall–Kier alpha value is -0.830. The lowest BCUT2D eigenvalue weighted by atomic mass is 10.1. The molecule has 0 saturated carbocycles. The molecule has 1 rings (SSSR count). The lowest BCUT2D eigenvalue weighted by Gasteiger charge is -2.14. The molecule has 1 amide bonds. The molecule has 0 bridgehead atoms. The maximum Gasteiger partial charge on any atom is 0.243 e. The van der Waals surface area contributed by atoms with Crippen molar-refractivity contribution in [3.05, 3.63) is 12.2 Å². The van der Waals surface area contributed by atoms with Crippen molar-refractivity contribution in [2.45, 2.75) is 32.4 Å². The van der Waals surface area contributed by atoms with Crippen LogP contribution in [0.1, 0.15) is 20.3 Å². The second-order valence-corrected chi connectivity index (χ2v) is 2.98. The predicted octanol–water partition coefficient (Wildman–Crippen LogP) is 0.856. The number of carbonyl (C=O) groups excluding carboxylic acids is 1. The predicted molar refractivity (Wildman–Crippen MR) is 46.8 cm³/mol. The minimum atomic E-state index is -0.0279. The molecule has 0 aromatic rings. The van der Waals surface area contributed by atoms with Crippen molar-refractivity contribution in [2.24, 2.45) is 0 Å². The van der Waals surface area contributed by atoms with Crippen molar-refractivity contribution in [1.29, 1.82) is 0 Å². The third-order valence-corrected chi connectivity index (χ3v) is 2.02. The standard InChI is InChI=1S/C9H15NO2/c1-3-4-9(11)10-8-5-6-12-7(8)2/h3-4,7-8H,5-6H2,1-2H3,(H,10,11)/b4-3+. The molecule has 3 heteroatoms. The quantitative estimate of drug-likeness (QED) is 0.622. The maximum atomic E-state index is 11.1. The van der Waals surface area contributed by atoms with E-state index in [-0.39, 0.29) is 18.1 Å². The average molecular weight is 169 g/mol. The van der Waals surface area contributed by atoms with Crippen LogP contribution in [0.15, 0.2) is 12.2 Å². The summed E-state index contributed by atoms with van der Waals surface area (Å²) < 4.78 is 5.31. The molecule has 68 valence electrons. The first-order valence-electron chi connectivity index (χ1n) is 4.29. The number of carbonyl (C=O) groups is 1. The molecule has 0 spiro atoms. The summed E-state index contributed by atoms with van der Waals surface area (Å²) in [7, 11) is 0. The normalized spacial score (nSPS) is 29.5. The van der Waals surface area contributed by atoms with Gasteiger partial charge in [0.15, 0.2) is 0 Å². The number of amides is 1. The third-order valence-electron chi connectivity index (χ3n) is 2.02. The number of rotatable bonds is 2. The van der Waals surface area contributed by atoms with Crippen molar-refractivity contribution in [3.8, 4) is 0 Å². The van der Waals surface area contributed by atoms with Crippen LogP contribution in [0, 0.1) is 0 Å². The summed E-state index contributed by atoms with van der Waals surface area (Å²) in [5, 5.41) is 2.88. The third kappa shape index (κ3) is 2.34. The van der Waals surface area contributed by atoms with Gasteiger partial charge in [0.05, 0.1) is 12.1 Å². The second-order valence-electron chi connectivity index (χ2n) is 2.98. The maximum absolute atomic E-state index is 11.1. The number of ether oxygens (including phenoxy) is 1. The summed E-state index contributed by atoms with van der Waals surface area (Å²) in [4.78, 5) is 11.1. The molecule has 1 fully saturated rings. The van der Waals surface area contributed by atoms with E-state index in [9.17, 15) is 4.79 Å². The second kappa shape index (κ2) is 4.26. The summed E-state index contributed by atoms with van der Waals surface area (Å²) >= 11 is 0. The van der Waals surface area contributed by atoms with Crippen LogP contribution in [0.4, 0.5) is 0 Å². The largest absolute Gasteiger partial charge is 0.376 e. The molecule has 0 radical (unpaired) electrons. The minimum Gasteiger partial charge on any atom is -0.376 e. The van der Waals surface area contributed by atoms with Crippen molar-refractivity contribution in [3.63, 3.8) is 0 Å². The van der Waals surface area contributed by atoms with Gasteiger partial charge in [-0.3, -0.25) is 4.79 Å². The van der Waals surface area contributed by atoms with Gasteiger partial charge in [-0.15, -0.1) is 0 Å². The van der Waals surface area contributed by atoms with E-state index < -0.39 is 0 Å². The van der Waals surface area contributed by atoms with Crippen molar-refractivity contribution >= 4 is 5.91 Å². The summed E-state index contributed by atoms with van der Waals surface area (Å²) in [5.41, 5.74) is 0. The molecule has 2 unspecified atom stereocenters. The molecular formula is C9H15NO2. The Morgan fingerprint density at radius 2 is 2.42 bits per heavy atom. The summed E-state index contributed by atoms with van der Waals surface area (Å²) in [6.45, 7) is 4.56. The highest BCUT2D eigenvalue weighted by atomic mass is 16.5. The van der Waals surface area contributed by atoms with Crippen LogP contribution in [-0.2, 0) is 9.53 Å². The van der Waals surface area contributed by atoms with Crippen LogP contribution in [0.25, 0.3) is 0 Å². The van der Waals surface area contributed by atoms with Gasteiger partial charge in [0.2, 0.25) is 5.91 Å². The monoisotopic (exact) mass is 169 g/mol. The Balaban J connectivity index is 2.35. The smallest absolute Gasteiger partial charge is 0.243 e. The number of hydrogen-bond acceptors (Lipinski definition) is 2. The Morgan fingerprint density at radius 3 is 2.92 bits per heavy atom. The van der Waals surface area contributed by atoms with Gasteiger partial charge in [-0.05, 0) is 26.3 Å². The SMILES string of the molecule is C/C=C/C(=O)NC1CCOC1C. The first-order valence-corrected chi connectivity index (χ1v) is 4.29. The molecule has 12 heavy (non-hydrogen) atoms. The van der Waals surface area contributed by atoms with Crippen molar-refractivity contribution in [2.75, 3.05) is 6.61 Å². The van der Waals surface area contributed by atoms with Gasteiger partial charge >= 0.3 is 0 Å². The van der Waals surface area contributed by atoms with E-state index in [2.05, 4.69) is 5.32 Å². The number of nitrogens with one attached hydrogen (secondary N) is 1. The van der Waals surface area contributed by atoms with Crippen LogP contribution < -0.4 is 5.32 Å². The van der Waals surface area contributed by atoms with Crippen LogP contribution >= 0.6 is 0 Å². The van der Waals surface area contributed by atoms with Gasteiger partial charge in [-0.1, -0.05) is 6.08 Å². The molecule has 1 heterocycles. The van der Waals surface area contributed by atoms with Crippen LogP contribution in [-0.4, -0.2) is 24.7 Å². The first kappa shape index (κ1) is 9.26. The highest BCUT2D eigenvalue weighted by Crippen LogP contribution is 2.12. The fraction of sp³-hybridized carbons (Fsp3) is 0.667.